The van der Waals surface area contributed by atoms with Crippen molar-refractivity contribution in [3.8, 4) is 5.82 Å². The average Bonchev–Trinajstić information content (AvgIpc) is 2.70. The van der Waals surface area contributed by atoms with Gasteiger partial charge in [0.15, 0.2) is 10.9 Å². The van der Waals surface area contributed by atoms with Crippen molar-refractivity contribution in [3.05, 3.63) is 34.1 Å². The SMILES string of the molecule is CCNC(=S)Nc1cc(C)nn1-c1ncc(Cl)cc1Cl. The summed E-state index contributed by atoms with van der Waals surface area (Å²) in [7, 11) is 0. The van der Waals surface area contributed by atoms with Crippen LogP contribution in [0.25, 0.3) is 5.82 Å². The summed E-state index contributed by atoms with van der Waals surface area (Å²) >= 11 is 17.2. The maximum Gasteiger partial charge on any atom is 0.174 e. The molecule has 8 heteroatoms. The zero-order chi connectivity index (χ0) is 14.7. The molecule has 2 rings (SSSR count). The Hall–Kier alpha value is -1.37. The van der Waals surface area contributed by atoms with Crippen LogP contribution in [0.1, 0.15) is 12.6 Å². The second kappa shape index (κ2) is 6.39. The molecule has 106 valence electrons. The number of hydrogen-bond donors (Lipinski definition) is 2. The molecule has 0 radical (unpaired) electrons. The van der Waals surface area contributed by atoms with E-state index in [0.29, 0.717) is 26.8 Å². The summed E-state index contributed by atoms with van der Waals surface area (Å²) in [5.74, 6) is 1.18. The normalized spacial score (nSPS) is 10.4. The molecule has 5 nitrogen and oxygen atoms in total. The van der Waals surface area contributed by atoms with Crippen LogP contribution in [-0.4, -0.2) is 26.4 Å². The Morgan fingerprint density at radius 2 is 2.15 bits per heavy atom. The molecule has 0 amide bonds. The van der Waals surface area contributed by atoms with Crippen LogP contribution in [-0.2, 0) is 0 Å². The molecule has 0 bridgehead atoms. The highest BCUT2D eigenvalue weighted by Crippen LogP contribution is 2.24. The molecule has 0 saturated carbocycles. The Balaban J connectivity index is 2.38. The summed E-state index contributed by atoms with van der Waals surface area (Å²) in [6, 6.07) is 3.48. The van der Waals surface area contributed by atoms with Crippen LogP contribution in [0.5, 0.6) is 0 Å². The first-order valence-corrected chi connectivity index (χ1v) is 7.10. The largest absolute Gasteiger partial charge is 0.363 e. The quantitative estimate of drug-likeness (QED) is 0.847. The van der Waals surface area contributed by atoms with E-state index in [4.69, 9.17) is 35.4 Å². The molecule has 0 aliphatic rings. The van der Waals surface area contributed by atoms with E-state index in [0.717, 1.165) is 12.2 Å². The predicted molar refractivity (Wildman–Crippen MR) is 86.0 cm³/mol. The third-order valence-corrected chi connectivity index (χ3v) is 3.13. The fourth-order valence-electron chi connectivity index (χ4n) is 1.63. The fraction of sp³-hybridized carbons (Fsp3) is 0.250. The van der Waals surface area contributed by atoms with Gasteiger partial charge in [0.1, 0.15) is 5.82 Å². The van der Waals surface area contributed by atoms with Gasteiger partial charge in [-0.2, -0.15) is 9.78 Å². The summed E-state index contributed by atoms with van der Waals surface area (Å²) in [6.45, 7) is 4.58. The molecule has 0 aliphatic carbocycles. The van der Waals surface area contributed by atoms with E-state index < -0.39 is 0 Å². The van der Waals surface area contributed by atoms with Gasteiger partial charge >= 0.3 is 0 Å². The Labute approximate surface area is 132 Å². The molecular formula is C12H13Cl2N5S. The second-order valence-electron chi connectivity index (χ2n) is 4.03. The van der Waals surface area contributed by atoms with E-state index in [2.05, 4.69) is 20.7 Å². The number of rotatable bonds is 3. The lowest BCUT2D eigenvalue weighted by Crippen LogP contribution is -2.29. The van der Waals surface area contributed by atoms with Crippen molar-refractivity contribution in [2.24, 2.45) is 0 Å². The molecule has 0 fully saturated rings. The van der Waals surface area contributed by atoms with E-state index in [1.807, 2.05) is 19.9 Å². The van der Waals surface area contributed by atoms with Gasteiger partial charge in [0.25, 0.3) is 0 Å². The molecular weight excluding hydrogens is 317 g/mol. The van der Waals surface area contributed by atoms with E-state index in [1.54, 1.807) is 10.7 Å². The molecule has 0 aromatic carbocycles. The van der Waals surface area contributed by atoms with Crippen molar-refractivity contribution >= 4 is 46.4 Å². The van der Waals surface area contributed by atoms with Gasteiger partial charge in [-0.25, -0.2) is 4.98 Å². The number of hydrogen-bond acceptors (Lipinski definition) is 3. The molecule has 2 aromatic heterocycles. The second-order valence-corrected chi connectivity index (χ2v) is 5.28. The molecule has 2 heterocycles. The smallest absolute Gasteiger partial charge is 0.174 e. The molecule has 0 unspecified atom stereocenters. The Morgan fingerprint density at radius 3 is 2.80 bits per heavy atom. The highest BCUT2D eigenvalue weighted by molar-refractivity contribution is 7.80. The number of aromatic nitrogens is 3. The third kappa shape index (κ3) is 3.39. The highest BCUT2D eigenvalue weighted by Gasteiger charge is 2.13. The number of nitrogens with zero attached hydrogens (tertiary/aromatic N) is 3. The number of thiocarbonyl (C=S) groups is 1. The van der Waals surface area contributed by atoms with Gasteiger partial charge in [-0.1, -0.05) is 23.2 Å². The summed E-state index contributed by atoms with van der Waals surface area (Å²) < 4.78 is 1.59. The lowest BCUT2D eigenvalue weighted by Gasteiger charge is -2.11. The lowest BCUT2D eigenvalue weighted by molar-refractivity contribution is 0.839. The van der Waals surface area contributed by atoms with Crippen LogP contribution in [0.2, 0.25) is 10.0 Å². The van der Waals surface area contributed by atoms with Crippen LogP contribution in [0.4, 0.5) is 5.82 Å². The summed E-state index contributed by atoms with van der Waals surface area (Å²) in [6.07, 6.45) is 1.52. The number of halogens is 2. The van der Waals surface area contributed by atoms with Gasteiger partial charge in [-0.3, -0.25) is 0 Å². The standard InChI is InChI=1S/C12H13Cl2N5S/c1-3-15-12(20)17-10-4-7(2)18-19(10)11-9(14)5-8(13)6-16-11/h4-6H,3H2,1-2H3,(H2,15,17,20). The van der Waals surface area contributed by atoms with E-state index >= 15 is 0 Å². The molecule has 2 aromatic rings. The lowest BCUT2D eigenvalue weighted by atomic mass is 10.4. The van der Waals surface area contributed by atoms with Crippen molar-refractivity contribution in [2.45, 2.75) is 13.8 Å². The van der Waals surface area contributed by atoms with Gasteiger partial charge in [-0.05, 0) is 32.1 Å². The maximum atomic E-state index is 6.16. The number of pyridine rings is 1. The monoisotopic (exact) mass is 329 g/mol. The topological polar surface area (TPSA) is 54.8 Å². The fourth-order valence-corrected chi connectivity index (χ4v) is 2.34. The van der Waals surface area contributed by atoms with Crippen LogP contribution in [0.15, 0.2) is 18.3 Å². The minimum Gasteiger partial charge on any atom is -0.363 e. The Bertz CT molecular complexity index is 641. The van der Waals surface area contributed by atoms with Gasteiger partial charge < -0.3 is 10.6 Å². The van der Waals surface area contributed by atoms with Crippen molar-refractivity contribution in [2.75, 3.05) is 11.9 Å². The first-order valence-electron chi connectivity index (χ1n) is 5.94. The van der Waals surface area contributed by atoms with Gasteiger partial charge in [-0.15, -0.1) is 0 Å². The third-order valence-electron chi connectivity index (χ3n) is 2.40. The molecule has 0 atom stereocenters. The van der Waals surface area contributed by atoms with Crippen molar-refractivity contribution < 1.29 is 0 Å². The highest BCUT2D eigenvalue weighted by atomic mass is 35.5. The number of anilines is 1. The minimum atomic E-state index is 0.415. The molecule has 0 saturated heterocycles. The molecule has 0 aliphatic heterocycles. The molecule has 20 heavy (non-hydrogen) atoms. The maximum absolute atomic E-state index is 6.16. The summed E-state index contributed by atoms with van der Waals surface area (Å²) in [5, 5.41) is 11.8. The van der Waals surface area contributed by atoms with E-state index in [-0.39, 0.29) is 0 Å². The number of aryl methyl sites for hydroxylation is 1. The van der Waals surface area contributed by atoms with Crippen LogP contribution in [0, 0.1) is 6.92 Å². The van der Waals surface area contributed by atoms with Crippen molar-refractivity contribution in [1.82, 2.24) is 20.1 Å². The van der Waals surface area contributed by atoms with Gasteiger partial charge in [0.2, 0.25) is 0 Å². The predicted octanol–water partition coefficient (Wildman–Crippen LogP) is 3.19. The van der Waals surface area contributed by atoms with Crippen molar-refractivity contribution in [3.63, 3.8) is 0 Å². The summed E-state index contributed by atoms with van der Waals surface area (Å²) in [4.78, 5) is 4.21. The average molecular weight is 330 g/mol. The van der Waals surface area contributed by atoms with Crippen LogP contribution >= 0.6 is 35.4 Å². The first-order chi connectivity index (χ1) is 9.51. The minimum absolute atomic E-state index is 0.415. The van der Waals surface area contributed by atoms with E-state index in [1.165, 1.54) is 6.20 Å². The zero-order valence-electron chi connectivity index (χ0n) is 10.9. The molecule has 2 N–H and O–H groups in total. The van der Waals surface area contributed by atoms with Gasteiger partial charge in [0, 0.05) is 18.8 Å². The Kier molecular flexibility index (Phi) is 4.80. The zero-order valence-corrected chi connectivity index (χ0v) is 13.3. The Morgan fingerprint density at radius 1 is 1.40 bits per heavy atom. The van der Waals surface area contributed by atoms with Crippen molar-refractivity contribution in [1.29, 1.82) is 0 Å². The van der Waals surface area contributed by atoms with Crippen LogP contribution < -0.4 is 10.6 Å². The van der Waals surface area contributed by atoms with Crippen LogP contribution in [0.3, 0.4) is 0 Å². The number of nitrogens with one attached hydrogen (secondary N) is 2. The van der Waals surface area contributed by atoms with Gasteiger partial charge in [0.05, 0.1) is 15.7 Å². The van der Waals surface area contributed by atoms with E-state index in [9.17, 15) is 0 Å². The summed E-state index contributed by atoms with van der Waals surface area (Å²) in [5.41, 5.74) is 0.819. The molecule has 0 spiro atoms. The first kappa shape index (κ1) is 15.0.